The van der Waals surface area contributed by atoms with Crippen LogP contribution in [0.4, 0.5) is 0 Å². The third-order valence-corrected chi connectivity index (χ3v) is 2.77. The molecule has 0 aromatic carbocycles. The van der Waals surface area contributed by atoms with Gasteiger partial charge in [0.15, 0.2) is 0 Å². The highest BCUT2D eigenvalue weighted by Gasteiger charge is 2.18. The number of thiophene rings is 1. The van der Waals surface area contributed by atoms with Crippen LogP contribution in [0.5, 0.6) is 0 Å². The molecule has 0 aliphatic rings. The topological polar surface area (TPSA) is 92.4 Å². The van der Waals surface area contributed by atoms with E-state index in [4.69, 9.17) is 10.2 Å². The van der Waals surface area contributed by atoms with Crippen LogP contribution >= 0.6 is 11.3 Å². The van der Waals surface area contributed by atoms with Crippen LogP contribution in [0, 0.1) is 0 Å². The monoisotopic (exact) mass is 252 g/mol. The van der Waals surface area contributed by atoms with Gasteiger partial charge in [-0.2, -0.15) is 16.4 Å². The van der Waals surface area contributed by atoms with E-state index in [1.54, 1.807) is 16.8 Å². The second-order valence-electron chi connectivity index (χ2n) is 3.30. The van der Waals surface area contributed by atoms with Crippen molar-refractivity contribution in [2.24, 2.45) is 0 Å². The first-order valence-electron chi connectivity index (χ1n) is 4.63. The number of rotatable bonds is 4. The second kappa shape index (κ2) is 4.38. The molecule has 7 heteroatoms. The molecule has 6 nitrogen and oxygen atoms in total. The Kier molecular flexibility index (Phi) is 2.92. The van der Waals surface area contributed by atoms with Crippen molar-refractivity contribution >= 4 is 23.3 Å². The van der Waals surface area contributed by atoms with Crippen molar-refractivity contribution in [1.82, 2.24) is 9.78 Å². The Hall–Kier alpha value is -2.15. The van der Waals surface area contributed by atoms with Crippen molar-refractivity contribution in [2.75, 3.05) is 0 Å². The lowest BCUT2D eigenvalue weighted by atomic mass is 10.1. The largest absolute Gasteiger partial charge is 0.480 e. The van der Waals surface area contributed by atoms with Crippen LogP contribution in [0.3, 0.4) is 0 Å². The van der Waals surface area contributed by atoms with E-state index in [1.165, 1.54) is 17.5 Å². The molecule has 0 fully saturated rings. The van der Waals surface area contributed by atoms with E-state index in [-0.39, 0.29) is 12.1 Å². The Labute approximate surface area is 99.7 Å². The van der Waals surface area contributed by atoms with Crippen LogP contribution in [0.15, 0.2) is 23.0 Å². The quantitative estimate of drug-likeness (QED) is 0.857. The lowest BCUT2D eigenvalue weighted by Gasteiger charge is -1.94. The van der Waals surface area contributed by atoms with Gasteiger partial charge in [0.25, 0.3) is 0 Å². The predicted molar refractivity (Wildman–Crippen MR) is 60.1 cm³/mol. The van der Waals surface area contributed by atoms with Crippen LogP contribution in [0.2, 0.25) is 0 Å². The molecule has 2 heterocycles. The van der Waals surface area contributed by atoms with E-state index >= 15 is 0 Å². The van der Waals surface area contributed by atoms with Crippen LogP contribution < -0.4 is 0 Å². The Morgan fingerprint density at radius 3 is 2.71 bits per heavy atom. The number of carboxylic acids is 2. The lowest BCUT2D eigenvalue weighted by Crippen LogP contribution is -2.09. The zero-order chi connectivity index (χ0) is 12.4. The van der Waals surface area contributed by atoms with Crippen molar-refractivity contribution in [3.8, 4) is 11.3 Å². The average molecular weight is 252 g/mol. The van der Waals surface area contributed by atoms with Crippen molar-refractivity contribution < 1.29 is 19.8 Å². The molecule has 17 heavy (non-hydrogen) atoms. The Morgan fingerprint density at radius 2 is 2.18 bits per heavy atom. The molecule has 0 saturated carbocycles. The van der Waals surface area contributed by atoms with Gasteiger partial charge in [0.2, 0.25) is 0 Å². The number of hydrogen-bond acceptors (Lipinski definition) is 4. The van der Waals surface area contributed by atoms with E-state index in [2.05, 4.69) is 5.10 Å². The van der Waals surface area contributed by atoms with E-state index in [9.17, 15) is 9.59 Å². The first-order chi connectivity index (χ1) is 8.08. The fourth-order valence-electron chi connectivity index (χ4n) is 1.41. The summed E-state index contributed by atoms with van der Waals surface area (Å²) in [6.45, 7) is -0.357. The molecule has 0 amide bonds. The molecule has 2 aromatic rings. The maximum atomic E-state index is 11.0. The predicted octanol–water partition coefficient (Wildman–Crippen LogP) is 1.39. The van der Waals surface area contributed by atoms with Gasteiger partial charge in [-0.05, 0) is 11.4 Å². The lowest BCUT2D eigenvalue weighted by molar-refractivity contribution is -0.137. The number of aromatic carboxylic acids is 1. The summed E-state index contributed by atoms with van der Waals surface area (Å²) >= 11 is 1.42. The summed E-state index contributed by atoms with van der Waals surface area (Å²) in [5.41, 5.74) is 0.973. The van der Waals surface area contributed by atoms with Crippen LogP contribution in [0.1, 0.15) is 10.4 Å². The smallest absolute Gasteiger partial charge is 0.339 e. The third-order valence-electron chi connectivity index (χ3n) is 2.08. The SMILES string of the molecule is O=C(O)Cn1cc(C(=O)O)c(-c2ccsc2)n1. The fraction of sp³-hybridized carbons (Fsp3) is 0.100. The molecule has 0 bridgehead atoms. The minimum atomic E-state index is -1.12. The van der Waals surface area contributed by atoms with Gasteiger partial charge in [0, 0.05) is 17.1 Å². The van der Waals surface area contributed by atoms with Crippen molar-refractivity contribution in [3.05, 3.63) is 28.6 Å². The number of aliphatic carboxylic acids is 1. The molecular formula is C10H8N2O4S. The van der Waals surface area contributed by atoms with Gasteiger partial charge in [-0.25, -0.2) is 4.79 Å². The van der Waals surface area contributed by atoms with Gasteiger partial charge in [-0.1, -0.05) is 0 Å². The molecule has 0 radical (unpaired) electrons. The standard InChI is InChI=1S/C10H8N2O4S/c13-8(14)4-12-3-7(10(15)16)9(11-12)6-1-2-17-5-6/h1-3,5H,4H2,(H,13,14)(H,15,16). The molecule has 0 spiro atoms. The second-order valence-corrected chi connectivity index (χ2v) is 4.08. The molecule has 2 aromatic heterocycles. The summed E-state index contributed by atoms with van der Waals surface area (Å²) in [6, 6.07) is 1.74. The molecular weight excluding hydrogens is 244 g/mol. The average Bonchev–Trinajstić information content (AvgIpc) is 2.82. The maximum Gasteiger partial charge on any atom is 0.339 e. The van der Waals surface area contributed by atoms with Gasteiger partial charge >= 0.3 is 11.9 Å². The molecule has 88 valence electrons. The minimum absolute atomic E-state index is 0.00431. The number of nitrogens with zero attached hydrogens (tertiary/aromatic N) is 2. The molecule has 0 atom stereocenters. The molecule has 0 aliphatic carbocycles. The van der Waals surface area contributed by atoms with Crippen LogP contribution in [-0.2, 0) is 11.3 Å². The molecule has 2 rings (SSSR count). The first kappa shape index (κ1) is 11.3. The van der Waals surface area contributed by atoms with Gasteiger partial charge in [0.05, 0.1) is 0 Å². The Bertz CT molecular complexity index is 559. The van der Waals surface area contributed by atoms with Crippen molar-refractivity contribution in [2.45, 2.75) is 6.54 Å². The molecule has 2 N–H and O–H groups in total. The Balaban J connectivity index is 2.46. The number of aromatic nitrogens is 2. The van der Waals surface area contributed by atoms with Gasteiger partial charge in [0.1, 0.15) is 17.8 Å². The highest BCUT2D eigenvalue weighted by molar-refractivity contribution is 7.08. The zero-order valence-corrected chi connectivity index (χ0v) is 9.35. The summed E-state index contributed by atoms with van der Waals surface area (Å²) < 4.78 is 1.11. The number of carboxylic acid groups (broad SMARTS) is 2. The summed E-state index contributed by atoms with van der Waals surface area (Å²) in [6.07, 6.45) is 1.23. The van der Waals surface area contributed by atoms with Gasteiger partial charge in [-0.3, -0.25) is 9.48 Å². The summed E-state index contributed by atoms with van der Waals surface area (Å²) in [5, 5.41) is 25.2. The highest BCUT2D eigenvalue weighted by Crippen LogP contribution is 2.24. The third kappa shape index (κ3) is 2.34. The van der Waals surface area contributed by atoms with E-state index in [0.29, 0.717) is 11.3 Å². The van der Waals surface area contributed by atoms with Crippen LogP contribution in [0.25, 0.3) is 11.3 Å². The Morgan fingerprint density at radius 1 is 1.41 bits per heavy atom. The van der Waals surface area contributed by atoms with E-state index < -0.39 is 11.9 Å². The fourth-order valence-corrected chi connectivity index (χ4v) is 2.05. The maximum absolute atomic E-state index is 11.0. The van der Waals surface area contributed by atoms with Crippen molar-refractivity contribution in [3.63, 3.8) is 0 Å². The number of carbonyl (C=O) groups is 2. The summed E-state index contributed by atoms with van der Waals surface area (Å²) in [5.74, 6) is -2.19. The molecule has 0 unspecified atom stereocenters. The molecule has 0 aliphatic heterocycles. The highest BCUT2D eigenvalue weighted by atomic mass is 32.1. The summed E-state index contributed by atoms with van der Waals surface area (Å²) in [4.78, 5) is 21.6. The van der Waals surface area contributed by atoms with E-state index in [0.717, 1.165) is 4.68 Å². The van der Waals surface area contributed by atoms with E-state index in [1.807, 2.05) is 0 Å². The van der Waals surface area contributed by atoms with Gasteiger partial charge in [-0.15, -0.1) is 0 Å². The number of hydrogen-bond donors (Lipinski definition) is 2. The van der Waals surface area contributed by atoms with Crippen molar-refractivity contribution in [1.29, 1.82) is 0 Å². The molecule has 0 saturated heterocycles. The van der Waals surface area contributed by atoms with Gasteiger partial charge < -0.3 is 10.2 Å². The van der Waals surface area contributed by atoms with Crippen LogP contribution in [-0.4, -0.2) is 31.9 Å². The first-order valence-corrected chi connectivity index (χ1v) is 5.57. The normalized spacial score (nSPS) is 10.4. The minimum Gasteiger partial charge on any atom is -0.480 e. The zero-order valence-electron chi connectivity index (χ0n) is 8.53. The summed E-state index contributed by atoms with van der Waals surface area (Å²) in [7, 11) is 0.